The van der Waals surface area contributed by atoms with Gasteiger partial charge in [0.1, 0.15) is 18.7 Å². The molecule has 1 heterocycles. The summed E-state index contributed by atoms with van der Waals surface area (Å²) in [6, 6.07) is -1.12. The van der Waals surface area contributed by atoms with E-state index in [0.717, 1.165) is 0 Å². The molecular weight excluding hydrogens is 254 g/mol. The van der Waals surface area contributed by atoms with Crippen LogP contribution in [-0.2, 0) is 20.9 Å². The molecule has 4 N–H and O–H groups in total. The van der Waals surface area contributed by atoms with Crippen LogP contribution in [0.3, 0.4) is 0 Å². The molecule has 1 aromatic rings. The molecule has 1 aromatic heterocycles. The van der Waals surface area contributed by atoms with Gasteiger partial charge in [-0.15, -0.1) is 0 Å². The molecule has 0 saturated heterocycles. The summed E-state index contributed by atoms with van der Waals surface area (Å²) in [5, 5.41) is 15.0. The third kappa shape index (κ3) is 5.61. The minimum Gasteiger partial charge on any atom is -0.480 e. The molecule has 0 aliphatic heterocycles. The first-order valence-electron chi connectivity index (χ1n) is 5.62. The number of carbonyl (C=O) groups excluding carboxylic acids is 2. The third-order valence-electron chi connectivity index (χ3n) is 2.35. The Balaban J connectivity index is 2.38. The number of rotatable bonds is 8. The molecule has 9 heteroatoms. The Morgan fingerprint density at radius 3 is 2.63 bits per heavy atom. The number of hydrogen-bond donors (Lipinski definition) is 3. The monoisotopic (exact) mass is 269 g/mol. The Labute approximate surface area is 108 Å². The number of nitrogens with one attached hydrogen (secondary N) is 1. The summed E-state index contributed by atoms with van der Waals surface area (Å²) in [4.78, 5) is 36.7. The summed E-state index contributed by atoms with van der Waals surface area (Å²) in [5.41, 5.74) is 4.93. The first-order valence-corrected chi connectivity index (χ1v) is 5.62. The van der Waals surface area contributed by atoms with Gasteiger partial charge in [-0.1, -0.05) is 0 Å². The normalized spacial score (nSPS) is 11.8. The molecule has 0 bridgehead atoms. The molecule has 104 valence electrons. The fourth-order valence-corrected chi connectivity index (χ4v) is 1.37. The number of carboxylic acid groups (broad SMARTS) is 1. The lowest BCUT2D eigenvalue weighted by molar-refractivity contribution is -0.142. The van der Waals surface area contributed by atoms with Crippen molar-refractivity contribution in [2.45, 2.75) is 31.8 Å². The number of amides is 2. The van der Waals surface area contributed by atoms with Crippen LogP contribution < -0.4 is 11.1 Å². The van der Waals surface area contributed by atoms with E-state index in [2.05, 4.69) is 15.4 Å². The fraction of sp³-hybridized carbons (Fsp3) is 0.500. The number of nitrogens with zero attached hydrogens (tertiary/aromatic N) is 3. The molecule has 0 radical (unpaired) electrons. The zero-order valence-electron chi connectivity index (χ0n) is 10.2. The molecule has 9 nitrogen and oxygen atoms in total. The van der Waals surface area contributed by atoms with Crippen LogP contribution in [-0.4, -0.2) is 43.7 Å². The van der Waals surface area contributed by atoms with Crippen LogP contribution in [0, 0.1) is 0 Å². The number of carboxylic acids is 1. The van der Waals surface area contributed by atoms with E-state index in [1.54, 1.807) is 0 Å². The average molecular weight is 269 g/mol. The van der Waals surface area contributed by atoms with Crippen molar-refractivity contribution in [3.8, 4) is 0 Å². The molecule has 0 saturated carbocycles. The lowest BCUT2D eigenvalue weighted by atomic mass is 10.1. The first-order chi connectivity index (χ1) is 8.99. The molecular formula is C10H15N5O4. The SMILES string of the molecule is NC(=O)CC[C@H](NC(=O)CCn1cncn1)C(=O)O. The summed E-state index contributed by atoms with van der Waals surface area (Å²) in [6.45, 7) is 0.300. The number of aliphatic carboxylic acids is 1. The molecule has 1 atom stereocenters. The third-order valence-corrected chi connectivity index (χ3v) is 2.35. The number of hydrogen-bond acceptors (Lipinski definition) is 5. The predicted molar refractivity (Wildman–Crippen MR) is 62.6 cm³/mol. The zero-order valence-corrected chi connectivity index (χ0v) is 10.2. The molecule has 2 amide bonds. The Kier molecular flexibility index (Phi) is 5.45. The number of primary amides is 1. The van der Waals surface area contributed by atoms with Gasteiger partial charge in [-0.25, -0.2) is 9.78 Å². The van der Waals surface area contributed by atoms with Gasteiger partial charge < -0.3 is 16.2 Å². The van der Waals surface area contributed by atoms with Gasteiger partial charge >= 0.3 is 5.97 Å². The maximum atomic E-state index is 11.5. The van der Waals surface area contributed by atoms with Crippen molar-refractivity contribution in [2.75, 3.05) is 0 Å². The standard InChI is InChI=1S/C10H15N5O4/c11-8(16)2-1-7(10(18)19)14-9(17)3-4-15-6-12-5-13-15/h5-7H,1-4H2,(H2,11,16)(H,14,17)(H,18,19)/t7-/m0/s1. The van der Waals surface area contributed by atoms with Crippen LogP contribution in [0.25, 0.3) is 0 Å². The highest BCUT2D eigenvalue weighted by molar-refractivity contribution is 5.84. The quantitative estimate of drug-likeness (QED) is 0.524. The van der Waals surface area contributed by atoms with Crippen molar-refractivity contribution < 1.29 is 19.5 Å². The van der Waals surface area contributed by atoms with E-state index in [1.165, 1.54) is 17.3 Å². The second-order valence-corrected chi connectivity index (χ2v) is 3.87. The molecule has 1 rings (SSSR count). The van der Waals surface area contributed by atoms with Gasteiger partial charge in [0.25, 0.3) is 0 Å². The van der Waals surface area contributed by atoms with Crippen LogP contribution in [0.15, 0.2) is 12.7 Å². The average Bonchev–Trinajstić information content (AvgIpc) is 2.84. The maximum absolute atomic E-state index is 11.5. The number of carbonyl (C=O) groups is 3. The Morgan fingerprint density at radius 1 is 1.37 bits per heavy atom. The Bertz CT molecular complexity index is 445. The molecule has 0 fully saturated rings. The van der Waals surface area contributed by atoms with Crippen LogP contribution in [0.5, 0.6) is 0 Å². The van der Waals surface area contributed by atoms with Crippen molar-refractivity contribution in [3.63, 3.8) is 0 Å². The Morgan fingerprint density at radius 2 is 2.11 bits per heavy atom. The molecule has 19 heavy (non-hydrogen) atoms. The topological polar surface area (TPSA) is 140 Å². The minimum absolute atomic E-state index is 0.0280. The highest BCUT2D eigenvalue weighted by atomic mass is 16.4. The van der Waals surface area contributed by atoms with Gasteiger partial charge in [0, 0.05) is 12.8 Å². The van der Waals surface area contributed by atoms with Crippen LogP contribution in [0.4, 0.5) is 0 Å². The summed E-state index contributed by atoms with van der Waals surface area (Å²) in [6.07, 6.45) is 2.74. The van der Waals surface area contributed by atoms with Gasteiger partial charge in [-0.2, -0.15) is 5.10 Å². The van der Waals surface area contributed by atoms with Gasteiger partial charge in [0.05, 0.1) is 6.54 Å². The first kappa shape index (κ1) is 14.6. The van der Waals surface area contributed by atoms with Gasteiger partial charge in [-0.05, 0) is 6.42 Å². The largest absolute Gasteiger partial charge is 0.480 e. The number of aromatic nitrogens is 3. The summed E-state index contributed by atoms with van der Waals surface area (Å²) < 4.78 is 1.46. The van der Waals surface area contributed by atoms with E-state index < -0.39 is 23.8 Å². The maximum Gasteiger partial charge on any atom is 0.326 e. The van der Waals surface area contributed by atoms with Crippen LogP contribution >= 0.6 is 0 Å². The van der Waals surface area contributed by atoms with E-state index in [-0.39, 0.29) is 19.3 Å². The van der Waals surface area contributed by atoms with Crippen molar-refractivity contribution in [2.24, 2.45) is 5.73 Å². The molecule has 0 unspecified atom stereocenters. The van der Waals surface area contributed by atoms with E-state index in [1.807, 2.05) is 0 Å². The van der Waals surface area contributed by atoms with Crippen molar-refractivity contribution in [3.05, 3.63) is 12.7 Å². The zero-order chi connectivity index (χ0) is 14.3. The van der Waals surface area contributed by atoms with E-state index in [9.17, 15) is 14.4 Å². The smallest absolute Gasteiger partial charge is 0.326 e. The van der Waals surface area contributed by atoms with Crippen molar-refractivity contribution >= 4 is 17.8 Å². The Hall–Kier alpha value is -2.45. The summed E-state index contributed by atoms with van der Waals surface area (Å²) in [5.74, 6) is -2.24. The summed E-state index contributed by atoms with van der Waals surface area (Å²) in [7, 11) is 0. The number of nitrogens with two attached hydrogens (primary N) is 1. The van der Waals surface area contributed by atoms with Crippen LogP contribution in [0.2, 0.25) is 0 Å². The molecule has 0 aliphatic rings. The second kappa shape index (κ2) is 7.09. The highest BCUT2D eigenvalue weighted by Gasteiger charge is 2.20. The highest BCUT2D eigenvalue weighted by Crippen LogP contribution is 1.98. The second-order valence-electron chi connectivity index (χ2n) is 3.87. The summed E-state index contributed by atoms with van der Waals surface area (Å²) >= 11 is 0. The predicted octanol–water partition coefficient (Wildman–Crippen LogP) is -1.50. The van der Waals surface area contributed by atoms with Gasteiger partial charge in [-0.3, -0.25) is 14.3 Å². The van der Waals surface area contributed by atoms with Crippen molar-refractivity contribution in [1.82, 2.24) is 20.1 Å². The minimum atomic E-state index is -1.20. The number of aryl methyl sites for hydroxylation is 1. The fourth-order valence-electron chi connectivity index (χ4n) is 1.37. The van der Waals surface area contributed by atoms with Crippen LogP contribution in [0.1, 0.15) is 19.3 Å². The lowest BCUT2D eigenvalue weighted by Gasteiger charge is -2.13. The molecule has 0 aromatic carbocycles. The van der Waals surface area contributed by atoms with Gasteiger partial charge in [0.15, 0.2) is 0 Å². The molecule has 0 spiro atoms. The van der Waals surface area contributed by atoms with E-state index in [4.69, 9.17) is 10.8 Å². The van der Waals surface area contributed by atoms with Crippen molar-refractivity contribution in [1.29, 1.82) is 0 Å². The molecule has 0 aliphatic carbocycles. The van der Waals surface area contributed by atoms with E-state index in [0.29, 0.717) is 6.54 Å². The van der Waals surface area contributed by atoms with Gasteiger partial charge in [0.2, 0.25) is 11.8 Å². The van der Waals surface area contributed by atoms with E-state index >= 15 is 0 Å². The lowest BCUT2D eigenvalue weighted by Crippen LogP contribution is -2.41.